The highest BCUT2D eigenvalue weighted by Crippen LogP contribution is 2.28. The van der Waals surface area contributed by atoms with Crippen molar-refractivity contribution in [3.63, 3.8) is 0 Å². The lowest BCUT2D eigenvalue weighted by atomic mass is 9.92. The van der Waals surface area contributed by atoms with Gasteiger partial charge in [-0.15, -0.1) is 0 Å². The minimum Gasteiger partial charge on any atom is -0.381 e. The van der Waals surface area contributed by atoms with Crippen molar-refractivity contribution in [3.05, 3.63) is 30.0 Å². The number of aryl methyl sites for hydroxylation is 1. The topological polar surface area (TPSA) is 91.2 Å². The molecule has 1 saturated carbocycles. The predicted octanol–water partition coefficient (Wildman–Crippen LogP) is 3.39. The van der Waals surface area contributed by atoms with Crippen LogP contribution in [0.15, 0.2) is 18.6 Å². The first-order chi connectivity index (χ1) is 15.8. The average molecular weight is 467 g/mol. The lowest BCUT2D eigenvalue weighted by molar-refractivity contribution is -0.188. The molecule has 0 bridgehead atoms. The van der Waals surface area contributed by atoms with Gasteiger partial charge in [0.05, 0.1) is 18.6 Å². The molecule has 2 fully saturated rings. The molecule has 8 nitrogen and oxygen atoms in total. The first kappa shape index (κ1) is 23.6. The first-order valence-electron chi connectivity index (χ1n) is 11.2. The molecular weight excluding hydrogens is 439 g/mol. The number of alkyl halides is 3. The van der Waals surface area contributed by atoms with Crippen molar-refractivity contribution in [2.45, 2.75) is 62.8 Å². The lowest BCUT2D eigenvalue weighted by Gasteiger charge is -2.29. The number of nitrogens with one attached hydrogen (secondary N) is 1. The van der Waals surface area contributed by atoms with Crippen LogP contribution in [-0.4, -0.2) is 63.6 Å². The van der Waals surface area contributed by atoms with E-state index in [2.05, 4.69) is 15.3 Å². The number of carbonyl (C=O) groups is 1. The molecule has 1 N–H and O–H groups in total. The van der Waals surface area contributed by atoms with Crippen molar-refractivity contribution in [1.82, 2.24) is 24.8 Å². The fraction of sp³-hybridized carbons (Fsp3) is 0.636. The molecule has 1 aliphatic heterocycles. The minimum absolute atomic E-state index is 0.134. The van der Waals surface area contributed by atoms with E-state index in [1.165, 1.54) is 0 Å². The van der Waals surface area contributed by atoms with Crippen LogP contribution in [0.25, 0.3) is 11.5 Å². The Morgan fingerprint density at radius 3 is 2.55 bits per heavy atom. The molecule has 0 unspecified atom stereocenters. The number of aromatic nitrogens is 4. The fourth-order valence-electron chi connectivity index (χ4n) is 4.32. The van der Waals surface area contributed by atoms with Crippen LogP contribution in [0.1, 0.15) is 60.6 Å². The van der Waals surface area contributed by atoms with E-state index >= 15 is 0 Å². The molecule has 0 aromatic carbocycles. The summed E-state index contributed by atoms with van der Waals surface area (Å²) in [7, 11) is 1.84. The van der Waals surface area contributed by atoms with Crippen LogP contribution in [0, 0.1) is 0 Å². The van der Waals surface area contributed by atoms with E-state index in [4.69, 9.17) is 14.5 Å². The van der Waals surface area contributed by atoms with Gasteiger partial charge in [-0.3, -0.25) is 4.79 Å². The third-order valence-electron chi connectivity index (χ3n) is 6.16. The zero-order valence-electron chi connectivity index (χ0n) is 18.5. The van der Waals surface area contributed by atoms with Crippen molar-refractivity contribution in [3.8, 4) is 11.5 Å². The van der Waals surface area contributed by atoms with E-state index < -0.39 is 18.9 Å². The van der Waals surface area contributed by atoms with Crippen molar-refractivity contribution >= 4 is 5.91 Å². The zero-order chi connectivity index (χ0) is 23.4. The second-order valence-corrected chi connectivity index (χ2v) is 8.65. The number of amides is 1. The third-order valence-corrected chi connectivity index (χ3v) is 6.16. The fourth-order valence-corrected chi connectivity index (χ4v) is 4.32. The summed E-state index contributed by atoms with van der Waals surface area (Å²) in [6, 6.07) is 1.60. The number of halogens is 3. The van der Waals surface area contributed by atoms with Crippen LogP contribution in [0.5, 0.6) is 0 Å². The highest BCUT2D eigenvalue weighted by Gasteiger charge is 2.31. The van der Waals surface area contributed by atoms with Gasteiger partial charge in [0.1, 0.15) is 18.0 Å². The van der Waals surface area contributed by atoms with E-state index in [-0.39, 0.29) is 23.6 Å². The Morgan fingerprint density at radius 1 is 1.18 bits per heavy atom. The number of hydrogen-bond donors (Lipinski definition) is 1. The Morgan fingerprint density at radius 2 is 1.91 bits per heavy atom. The standard InChI is InChI=1S/C22H28F3N5O3/c1-30-13-26-11-19(30)20-28-17(14-6-8-32-9-7-14)10-18(29-20)21(31)27-15-2-4-16(5-3-15)33-12-22(23,24)25/h10-11,13-16H,2-9,12H2,1H3,(H,27,31). The first-order valence-corrected chi connectivity index (χ1v) is 11.2. The van der Waals surface area contributed by atoms with Crippen molar-refractivity contribution in [1.29, 1.82) is 0 Å². The number of carbonyl (C=O) groups excluding carboxylic acids is 1. The van der Waals surface area contributed by atoms with Gasteiger partial charge in [0.25, 0.3) is 5.91 Å². The third kappa shape index (κ3) is 6.29. The van der Waals surface area contributed by atoms with Crippen LogP contribution in [0.3, 0.4) is 0 Å². The zero-order valence-corrected chi connectivity index (χ0v) is 18.5. The second kappa shape index (κ2) is 10.2. The number of nitrogens with zero attached hydrogens (tertiary/aromatic N) is 4. The Labute approximate surface area is 189 Å². The van der Waals surface area contributed by atoms with Crippen LogP contribution in [-0.2, 0) is 16.5 Å². The Bertz CT molecular complexity index is 951. The quantitative estimate of drug-likeness (QED) is 0.700. The van der Waals surface area contributed by atoms with Crippen LogP contribution < -0.4 is 5.32 Å². The van der Waals surface area contributed by atoms with Crippen LogP contribution in [0.2, 0.25) is 0 Å². The van der Waals surface area contributed by atoms with E-state index in [1.807, 2.05) is 7.05 Å². The van der Waals surface area contributed by atoms with Gasteiger partial charge >= 0.3 is 6.18 Å². The van der Waals surface area contributed by atoms with Crippen molar-refractivity contribution in [2.24, 2.45) is 7.05 Å². The molecular formula is C22H28F3N5O3. The van der Waals surface area contributed by atoms with Crippen molar-refractivity contribution < 1.29 is 27.4 Å². The van der Waals surface area contributed by atoms with Gasteiger partial charge in [-0.05, 0) is 44.6 Å². The summed E-state index contributed by atoms with van der Waals surface area (Å²) in [5.74, 6) is 0.309. The summed E-state index contributed by atoms with van der Waals surface area (Å²) < 4.78 is 49.3. The van der Waals surface area contributed by atoms with Gasteiger partial charge in [-0.2, -0.15) is 13.2 Å². The molecule has 2 aliphatic rings. The summed E-state index contributed by atoms with van der Waals surface area (Å²) in [6.45, 7) is 0.0647. The van der Waals surface area contributed by atoms with Crippen molar-refractivity contribution in [2.75, 3.05) is 19.8 Å². The van der Waals surface area contributed by atoms with Gasteiger partial charge in [0.15, 0.2) is 5.82 Å². The SMILES string of the molecule is Cn1cncc1-c1nc(C(=O)NC2CCC(OCC(F)(F)F)CC2)cc(C2CCOCC2)n1. The molecule has 11 heteroatoms. The number of imidazole rings is 1. The van der Waals surface area contributed by atoms with Gasteiger partial charge in [-0.25, -0.2) is 15.0 Å². The molecule has 180 valence electrons. The summed E-state index contributed by atoms with van der Waals surface area (Å²) in [4.78, 5) is 26.4. The molecule has 2 aromatic rings. The van der Waals surface area contributed by atoms with Gasteiger partial charge < -0.3 is 19.4 Å². The minimum atomic E-state index is -4.33. The lowest BCUT2D eigenvalue weighted by Crippen LogP contribution is -2.40. The largest absolute Gasteiger partial charge is 0.411 e. The Hall–Kier alpha value is -2.53. The maximum atomic E-state index is 13.1. The highest BCUT2D eigenvalue weighted by atomic mass is 19.4. The summed E-state index contributed by atoms with van der Waals surface area (Å²) in [5, 5.41) is 2.99. The number of rotatable bonds is 6. The van der Waals surface area contributed by atoms with E-state index in [1.54, 1.807) is 23.2 Å². The maximum absolute atomic E-state index is 13.1. The molecule has 1 aliphatic carbocycles. The van der Waals surface area contributed by atoms with Crippen LogP contribution >= 0.6 is 0 Å². The number of ether oxygens (including phenoxy) is 2. The second-order valence-electron chi connectivity index (χ2n) is 8.65. The van der Waals surface area contributed by atoms with E-state index in [0.717, 1.165) is 18.5 Å². The van der Waals surface area contributed by atoms with Gasteiger partial charge in [0.2, 0.25) is 0 Å². The predicted molar refractivity (Wildman–Crippen MR) is 113 cm³/mol. The Kier molecular flexibility index (Phi) is 7.28. The molecule has 0 atom stereocenters. The highest BCUT2D eigenvalue weighted by molar-refractivity contribution is 5.93. The molecule has 4 rings (SSSR count). The smallest absolute Gasteiger partial charge is 0.381 e. The number of hydrogen-bond acceptors (Lipinski definition) is 6. The maximum Gasteiger partial charge on any atom is 0.411 e. The summed E-state index contributed by atoms with van der Waals surface area (Å²) >= 11 is 0. The van der Waals surface area contributed by atoms with Gasteiger partial charge in [-0.1, -0.05) is 0 Å². The molecule has 1 amide bonds. The molecule has 0 spiro atoms. The molecule has 2 aromatic heterocycles. The molecule has 1 saturated heterocycles. The van der Waals surface area contributed by atoms with E-state index in [9.17, 15) is 18.0 Å². The monoisotopic (exact) mass is 467 g/mol. The summed E-state index contributed by atoms with van der Waals surface area (Å²) in [6.07, 6.45) is 2.25. The van der Waals surface area contributed by atoms with Gasteiger partial charge in [0, 0.05) is 37.9 Å². The Balaban J connectivity index is 1.45. The summed E-state index contributed by atoms with van der Waals surface area (Å²) in [5.41, 5.74) is 1.79. The van der Waals surface area contributed by atoms with Crippen LogP contribution in [0.4, 0.5) is 13.2 Å². The molecule has 0 radical (unpaired) electrons. The molecule has 33 heavy (non-hydrogen) atoms. The average Bonchev–Trinajstić information content (AvgIpc) is 3.24. The normalized spacial score (nSPS) is 22.3. The molecule has 3 heterocycles. The van der Waals surface area contributed by atoms with E-state index in [0.29, 0.717) is 50.4 Å².